The van der Waals surface area contributed by atoms with E-state index in [-0.39, 0.29) is 18.2 Å². The Morgan fingerprint density at radius 2 is 0.776 bits per heavy atom. The summed E-state index contributed by atoms with van der Waals surface area (Å²) in [5.74, 6) is 6.41. The molecule has 1 aliphatic carbocycles. The number of likely N-dealkylation sites (N-methyl/N-ethyl adjacent to an activating group) is 1. The Balaban J connectivity index is 0.000000136. The maximum Gasteiger partial charge on any atom is 0.416 e. The molecule has 0 fully saturated rings. The van der Waals surface area contributed by atoms with Crippen LogP contribution < -0.4 is 40.2 Å². The summed E-state index contributed by atoms with van der Waals surface area (Å²) in [5.41, 5.74) is 22.6. The first-order valence-corrected chi connectivity index (χ1v) is 43.4. The third kappa shape index (κ3) is 18.5. The molecule has 25 heteroatoms. The molecule has 8 aromatic heterocycles. The monoisotopic (exact) mass is 1690 g/mol. The Morgan fingerprint density at radius 1 is 0.400 bits per heavy atom. The molecule has 0 radical (unpaired) electrons. The third-order valence-corrected chi connectivity index (χ3v) is 23.8. The van der Waals surface area contributed by atoms with Gasteiger partial charge in [0.05, 0.1) is 74.0 Å². The highest BCUT2D eigenvalue weighted by Gasteiger charge is 2.34. The van der Waals surface area contributed by atoms with Crippen LogP contribution in [0.15, 0.2) is 164 Å². The van der Waals surface area contributed by atoms with Gasteiger partial charge in [-0.05, 0) is 286 Å². The summed E-state index contributed by atoms with van der Waals surface area (Å²) in [6, 6.07) is 53.4. The number of rotatable bonds is 25. The van der Waals surface area contributed by atoms with Crippen LogP contribution in [0.1, 0.15) is 162 Å². The van der Waals surface area contributed by atoms with Crippen LogP contribution >= 0.6 is 0 Å². The summed E-state index contributed by atoms with van der Waals surface area (Å²) in [6.45, 7) is 45.0. The van der Waals surface area contributed by atoms with E-state index in [9.17, 15) is 13.2 Å². The van der Waals surface area contributed by atoms with Crippen molar-refractivity contribution in [2.45, 2.75) is 176 Å². The summed E-state index contributed by atoms with van der Waals surface area (Å²) < 4.78 is 77.1. The van der Waals surface area contributed by atoms with Gasteiger partial charge in [-0.3, -0.25) is 0 Å². The summed E-state index contributed by atoms with van der Waals surface area (Å²) in [6.07, 6.45) is -0.986. The first-order chi connectivity index (χ1) is 60.4. The van der Waals surface area contributed by atoms with Crippen LogP contribution in [0, 0.1) is 83.1 Å². The van der Waals surface area contributed by atoms with Crippen LogP contribution in [-0.4, -0.2) is 117 Å². The highest BCUT2D eigenvalue weighted by Crippen LogP contribution is 2.43. The first kappa shape index (κ1) is 88.4. The van der Waals surface area contributed by atoms with Crippen LogP contribution in [-0.2, 0) is 37.1 Å². The maximum atomic E-state index is 13.4. The molecule has 17 rings (SSSR count). The van der Waals surface area contributed by atoms with Gasteiger partial charge in [0, 0.05) is 137 Å². The van der Waals surface area contributed by atoms with Gasteiger partial charge in [0.2, 0.25) is 0 Å². The van der Waals surface area contributed by atoms with Crippen molar-refractivity contribution in [3.8, 4) is 45.7 Å². The predicted molar refractivity (Wildman–Crippen MR) is 496 cm³/mol. The van der Waals surface area contributed by atoms with E-state index in [0.717, 1.165) is 192 Å². The van der Waals surface area contributed by atoms with E-state index in [4.69, 9.17) is 23.7 Å². The fourth-order valence-electron chi connectivity index (χ4n) is 18.1. The molecule has 0 saturated carbocycles. The van der Waals surface area contributed by atoms with Crippen molar-refractivity contribution in [2.75, 3.05) is 73.9 Å². The van der Waals surface area contributed by atoms with Gasteiger partial charge in [-0.2, -0.15) is 33.6 Å². The number of fused-ring (bicyclic) bond motifs is 6. The fraction of sp³-hybridized carbons (Fsp3) is 0.340. The Labute approximate surface area is 729 Å². The van der Waals surface area contributed by atoms with Gasteiger partial charge in [0.1, 0.15) is 23.0 Å². The number of hydrogen-bond acceptors (Lipinski definition) is 18. The van der Waals surface area contributed by atoms with Crippen molar-refractivity contribution in [2.24, 2.45) is 0 Å². The molecule has 4 N–H and O–H groups in total. The minimum atomic E-state index is -4.42. The summed E-state index contributed by atoms with van der Waals surface area (Å²) in [7, 11) is 0. The van der Waals surface area contributed by atoms with Crippen molar-refractivity contribution in [1.82, 2.24) is 64.0 Å². The molecular weight excluding hydrogens is 1580 g/mol. The van der Waals surface area contributed by atoms with Gasteiger partial charge >= 0.3 is 6.18 Å². The van der Waals surface area contributed by atoms with Crippen molar-refractivity contribution in [3.05, 3.63) is 265 Å². The lowest BCUT2D eigenvalue weighted by Crippen LogP contribution is -2.28. The number of alkyl halides is 3. The third-order valence-electron chi connectivity index (χ3n) is 23.8. The second kappa shape index (κ2) is 38.9. The van der Waals surface area contributed by atoms with E-state index in [2.05, 4.69) is 219 Å². The highest BCUT2D eigenvalue weighted by molar-refractivity contribution is 6.02. The zero-order chi connectivity index (χ0) is 88.5. The maximum absolute atomic E-state index is 13.4. The molecule has 125 heavy (non-hydrogen) atoms. The second-order valence-corrected chi connectivity index (χ2v) is 31.6. The summed E-state index contributed by atoms with van der Waals surface area (Å²) in [5, 5.41) is 58.2. The van der Waals surface area contributed by atoms with Crippen molar-refractivity contribution in [1.29, 1.82) is 0 Å². The minimum Gasteiger partial charge on any atom is -0.494 e. The summed E-state index contributed by atoms with van der Waals surface area (Å²) >= 11 is 0. The van der Waals surface area contributed by atoms with Crippen LogP contribution in [0.25, 0.3) is 65.8 Å². The SMILES string of the molecule is CCOc1ccc(-n2c(C)c3c(C)nnc(NC4CCCc5ccccc54)c3c2C)cc1.CCOc1ccc(-n2c(C)c3c(C)nnc(NCCN(CC)CC)c3c2C)cc1.CCOc1ccc(-n2c(C)c3c(C)nnc(NCc4ccccc4C(F)(F)F)c3c2C)cc1.CCOc1ccc(-n2c(C)c3c(C)nnc(Nc4ccc5c(c4)COC5)c3c2C)cc1. The predicted octanol–water partition coefficient (Wildman–Crippen LogP) is 22.6. The fourth-order valence-corrected chi connectivity index (χ4v) is 18.1. The molecule has 1 unspecified atom stereocenters. The molecule has 22 nitrogen and oxygen atoms in total. The normalized spacial score (nSPS) is 12.9. The highest BCUT2D eigenvalue weighted by atomic mass is 19.4. The van der Waals surface area contributed by atoms with Gasteiger partial charge in [-0.15, -0.1) is 20.4 Å². The molecule has 0 saturated heterocycles. The Kier molecular flexibility index (Phi) is 27.5. The first-order valence-electron chi connectivity index (χ1n) is 43.4. The van der Waals surface area contributed by atoms with Crippen molar-refractivity contribution >= 4 is 72.0 Å². The topological polar surface area (TPSA) is 220 Å². The average molecular weight is 1690 g/mol. The van der Waals surface area contributed by atoms with Gasteiger partial charge in [-0.25, -0.2) is 0 Å². The number of anilines is 5. The van der Waals surface area contributed by atoms with E-state index in [1.165, 1.54) is 74.4 Å². The van der Waals surface area contributed by atoms with Crippen molar-refractivity contribution in [3.63, 3.8) is 0 Å². The molecule has 2 aliphatic rings. The zero-order valence-corrected chi connectivity index (χ0v) is 75.1. The van der Waals surface area contributed by atoms with E-state index >= 15 is 0 Å². The number of nitrogens with one attached hydrogen (secondary N) is 4. The number of ether oxygens (including phenoxy) is 5. The quantitative estimate of drug-likeness (QED) is 0.0418. The molecule has 650 valence electrons. The molecule has 9 heterocycles. The Morgan fingerprint density at radius 3 is 1.21 bits per heavy atom. The van der Waals surface area contributed by atoms with Gasteiger partial charge in [0.15, 0.2) is 23.3 Å². The molecule has 1 atom stereocenters. The molecule has 7 aromatic carbocycles. The lowest BCUT2D eigenvalue weighted by molar-refractivity contribution is -0.138. The van der Waals surface area contributed by atoms with E-state index in [1.54, 1.807) is 6.07 Å². The zero-order valence-electron chi connectivity index (χ0n) is 75.1. The molecule has 0 spiro atoms. The Hall–Kier alpha value is -12.9. The van der Waals surface area contributed by atoms with Crippen molar-refractivity contribution < 1.29 is 36.9 Å². The second-order valence-electron chi connectivity index (χ2n) is 31.6. The smallest absolute Gasteiger partial charge is 0.416 e. The number of aromatic nitrogens is 12. The number of benzene rings is 7. The van der Waals surface area contributed by atoms with E-state index in [1.807, 2.05) is 130 Å². The van der Waals surface area contributed by atoms with Crippen LogP contribution in [0.4, 0.5) is 42.1 Å². The standard InChI is InChI=1S/C27H30N4O.C25H25F3N4O.C25H26N4O2.C23H33N5O/c1-5-32-22-15-13-21(14-16-22)31-18(3)25-17(2)29-30-27(26(25)19(31)4)28-24-12-8-10-20-9-6-7-11-23(20)24;1-5-33-20-12-10-19(11-13-20)32-16(3)22-15(2)30-31-24(23(22)17(32)4)29-14-18-8-6-7-9-21(18)25(26,27)28;1-5-31-22-10-8-21(9-11-22)29-16(3)23-15(2)27-28-25(24(23)17(29)4)26-20-7-6-18-13-30-14-19(18)12-20;1-7-27(8-2)15-14-24-23-22-18(6)28(17(5)21(22)16(4)25-26-23)19-10-12-20(13-11-19)29-9-3/h6-7,9,11,13-16,24H,5,8,10,12H2,1-4H3,(H,28,30);6-13H,5,14H2,1-4H3,(H,29,31);6-12H,5,13-14H2,1-4H3,(H,26,28);10-13H,7-9,14-15H2,1-6H3,(H,24,26). The van der Waals surface area contributed by atoms with Gasteiger partial charge in [0.25, 0.3) is 0 Å². The average Bonchev–Trinajstić information content (AvgIpc) is 1.61. The lowest BCUT2D eigenvalue weighted by atomic mass is 9.87. The number of aryl methyl sites for hydroxylation is 13. The molecule has 0 bridgehead atoms. The van der Waals surface area contributed by atoms with Crippen LogP contribution in [0.5, 0.6) is 23.0 Å². The minimum absolute atomic E-state index is 0.0186. The van der Waals surface area contributed by atoms with E-state index in [0.29, 0.717) is 45.5 Å². The largest absolute Gasteiger partial charge is 0.494 e. The number of nitrogens with zero attached hydrogens (tertiary/aromatic N) is 13. The van der Waals surface area contributed by atoms with Gasteiger partial charge < -0.3 is 68.1 Å². The molecular formula is C100H114F3N17O5. The lowest BCUT2D eigenvalue weighted by Gasteiger charge is -2.27. The molecule has 15 aromatic rings. The van der Waals surface area contributed by atoms with Crippen LogP contribution in [0.3, 0.4) is 0 Å². The number of halogens is 3. The van der Waals surface area contributed by atoms with Crippen LogP contribution in [0.2, 0.25) is 0 Å². The van der Waals surface area contributed by atoms with Gasteiger partial charge in [-0.1, -0.05) is 62.4 Å². The van der Waals surface area contributed by atoms with E-state index < -0.39 is 11.7 Å². The molecule has 0 amide bonds. The Bertz CT molecular complexity index is 6330. The molecule has 1 aliphatic heterocycles. The summed E-state index contributed by atoms with van der Waals surface area (Å²) in [4.78, 5) is 2.40. The number of hydrogen-bond donors (Lipinski definition) is 4.